The van der Waals surface area contributed by atoms with Crippen LogP contribution in [-0.2, 0) is 22.4 Å². The third-order valence-electron chi connectivity index (χ3n) is 5.65. The molecule has 1 aliphatic heterocycles. The van der Waals surface area contributed by atoms with Gasteiger partial charge < -0.3 is 9.47 Å². The number of hydrogen-bond donors (Lipinski definition) is 0. The average Bonchev–Trinajstić information content (AvgIpc) is 3.22. The van der Waals surface area contributed by atoms with Crippen molar-refractivity contribution in [2.24, 2.45) is 0 Å². The van der Waals surface area contributed by atoms with E-state index >= 15 is 0 Å². The highest BCUT2D eigenvalue weighted by atomic mass is 16.5. The maximum Gasteiger partial charge on any atom is 0.177 e. The summed E-state index contributed by atoms with van der Waals surface area (Å²) in [5.41, 5.74) is 4.12. The van der Waals surface area contributed by atoms with Crippen molar-refractivity contribution < 1.29 is 14.3 Å². The van der Waals surface area contributed by atoms with Crippen molar-refractivity contribution in [2.45, 2.75) is 44.8 Å². The fourth-order valence-corrected chi connectivity index (χ4v) is 4.01. The third kappa shape index (κ3) is 4.22. The van der Waals surface area contributed by atoms with E-state index in [1.54, 1.807) is 13.2 Å². The van der Waals surface area contributed by atoms with E-state index in [-0.39, 0.29) is 24.0 Å². The van der Waals surface area contributed by atoms with Gasteiger partial charge in [-0.1, -0.05) is 24.3 Å². The van der Waals surface area contributed by atoms with Crippen molar-refractivity contribution in [1.82, 2.24) is 9.78 Å². The standard InChI is InChI=1S/C24H25N3O3/c1-29-23-7-3-2-6-17(23)11-12-21-20(18-9-10-19(15-25)22(28)14-18)16-27(26-21)24-8-4-5-13-30-24/h2-3,6-7,9-10,16,24H,4-5,8,11-14H2,1H3. The molecule has 2 aliphatic rings. The van der Waals surface area contributed by atoms with E-state index in [1.807, 2.05) is 41.2 Å². The van der Waals surface area contributed by atoms with E-state index in [1.165, 1.54) is 0 Å². The zero-order valence-electron chi connectivity index (χ0n) is 17.1. The highest BCUT2D eigenvalue weighted by Gasteiger charge is 2.24. The van der Waals surface area contributed by atoms with Crippen LogP contribution in [0.15, 0.2) is 48.2 Å². The smallest absolute Gasteiger partial charge is 0.177 e. The molecule has 0 spiro atoms. The van der Waals surface area contributed by atoms with E-state index in [4.69, 9.17) is 19.8 Å². The molecule has 154 valence electrons. The normalized spacial score (nSPS) is 19.1. The molecule has 1 aromatic carbocycles. The van der Waals surface area contributed by atoms with Gasteiger partial charge in [0.2, 0.25) is 0 Å². The molecule has 0 radical (unpaired) electrons. The molecule has 0 amide bonds. The summed E-state index contributed by atoms with van der Waals surface area (Å²) in [4.78, 5) is 12.3. The number of carbonyl (C=O) groups is 1. The van der Waals surface area contributed by atoms with Crippen molar-refractivity contribution in [3.63, 3.8) is 0 Å². The van der Waals surface area contributed by atoms with Crippen LogP contribution in [0.5, 0.6) is 5.75 Å². The second kappa shape index (κ2) is 9.10. The monoisotopic (exact) mass is 403 g/mol. The summed E-state index contributed by atoms with van der Waals surface area (Å²) < 4.78 is 13.3. The lowest BCUT2D eigenvalue weighted by atomic mass is 9.92. The number of aryl methyl sites for hydroxylation is 2. The summed E-state index contributed by atoms with van der Waals surface area (Å²) in [5, 5.41) is 14.0. The molecule has 4 rings (SSSR count). The van der Waals surface area contributed by atoms with Gasteiger partial charge in [-0.2, -0.15) is 10.4 Å². The third-order valence-corrected chi connectivity index (χ3v) is 5.65. The van der Waals surface area contributed by atoms with Crippen LogP contribution >= 0.6 is 0 Å². The van der Waals surface area contributed by atoms with Gasteiger partial charge in [-0.3, -0.25) is 4.79 Å². The summed E-state index contributed by atoms with van der Waals surface area (Å²) in [7, 11) is 1.68. The van der Waals surface area contributed by atoms with E-state index in [9.17, 15) is 4.79 Å². The molecule has 6 heteroatoms. The lowest BCUT2D eigenvalue weighted by Crippen LogP contribution is -2.18. The molecule has 30 heavy (non-hydrogen) atoms. The highest BCUT2D eigenvalue weighted by molar-refractivity contribution is 6.07. The Balaban J connectivity index is 1.65. The minimum atomic E-state index is -0.146. The molecular weight excluding hydrogens is 378 g/mol. The van der Waals surface area contributed by atoms with Crippen molar-refractivity contribution in [3.05, 3.63) is 65.0 Å². The first-order valence-corrected chi connectivity index (χ1v) is 10.4. The van der Waals surface area contributed by atoms with Crippen LogP contribution in [0, 0.1) is 11.3 Å². The predicted octanol–water partition coefficient (Wildman–Crippen LogP) is 4.18. The fraction of sp³-hybridized carbons (Fsp3) is 0.375. The van der Waals surface area contributed by atoms with Crippen LogP contribution in [0.25, 0.3) is 5.57 Å². The Morgan fingerprint density at radius 3 is 2.87 bits per heavy atom. The molecular formula is C24H25N3O3. The molecule has 1 aromatic heterocycles. The summed E-state index contributed by atoms with van der Waals surface area (Å²) in [6, 6.07) is 9.95. The first kappa shape index (κ1) is 20.1. The molecule has 1 fully saturated rings. The number of benzene rings is 1. The number of hydrogen-bond acceptors (Lipinski definition) is 5. The Kier molecular flexibility index (Phi) is 6.10. The van der Waals surface area contributed by atoms with Crippen LogP contribution < -0.4 is 4.74 Å². The number of rotatable bonds is 6. The van der Waals surface area contributed by atoms with Crippen molar-refractivity contribution in [2.75, 3.05) is 13.7 Å². The number of ether oxygens (including phenoxy) is 2. The van der Waals surface area contributed by atoms with Gasteiger partial charge in [-0.25, -0.2) is 4.68 Å². The molecule has 6 nitrogen and oxygen atoms in total. The lowest BCUT2D eigenvalue weighted by Gasteiger charge is -2.22. The molecule has 1 saturated heterocycles. The number of ketones is 1. The Morgan fingerprint density at radius 2 is 2.13 bits per heavy atom. The van der Waals surface area contributed by atoms with Crippen molar-refractivity contribution in [1.29, 1.82) is 5.26 Å². The average molecular weight is 403 g/mol. The van der Waals surface area contributed by atoms with Gasteiger partial charge in [-0.05, 0) is 55.4 Å². The zero-order chi connectivity index (χ0) is 20.9. The number of carbonyl (C=O) groups excluding carboxylic acids is 1. The number of nitrogens with zero attached hydrogens (tertiary/aromatic N) is 3. The van der Waals surface area contributed by atoms with Crippen LogP contribution in [0.4, 0.5) is 0 Å². The van der Waals surface area contributed by atoms with Gasteiger partial charge in [0.15, 0.2) is 5.78 Å². The number of methoxy groups -OCH3 is 1. The van der Waals surface area contributed by atoms with Gasteiger partial charge in [-0.15, -0.1) is 0 Å². The molecule has 2 aromatic rings. The second-order valence-electron chi connectivity index (χ2n) is 7.59. The van der Waals surface area contributed by atoms with Crippen LogP contribution in [0.3, 0.4) is 0 Å². The van der Waals surface area contributed by atoms with Crippen molar-refractivity contribution in [3.8, 4) is 11.8 Å². The first-order chi connectivity index (χ1) is 14.7. The largest absolute Gasteiger partial charge is 0.496 e. The van der Waals surface area contributed by atoms with Gasteiger partial charge >= 0.3 is 0 Å². The Morgan fingerprint density at radius 1 is 1.27 bits per heavy atom. The number of Topliss-reactive ketones (excluding diaryl/α,β-unsaturated/α-hetero) is 1. The molecule has 0 saturated carbocycles. The fourth-order valence-electron chi connectivity index (χ4n) is 4.01. The number of para-hydroxylation sites is 1. The summed E-state index contributed by atoms with van der Waals surface area (Å²) >= 11 is 0. The molecule has 1 unspecified atom stereocenters. The van der Waals surface area contributed by atoms with Gasteiger partial charge in [0.05, 0.1) is 18.4 Å². The summed E-state index contributed by atoms with van der Waals surface area (Å²) in [6.45, 7) is 0.742. The molecule has 0 bridgehead atoms. The molecule has 1 atom stereocenters. The quantitative estimate of drug-likeness (QED) is 0.723. The van der Waals surface area contributed by atoms with E-state index < -0.39 is 0 Å². The Hall–Kier alpha value is -3.17. The number of aromatic nitrogens is 2. The molecule has 2 heterocycles. The van der Waals surface area contributed by atoms with E-state index in [2.05, 4.69) is 6.07 Å². The maximum absolute atomic E-state index is 12.3. The Bertz CT molecular complexity index is 1040. The zero-order valence-corrected chi connectivity index (χ0v) is 17.1. The van der Waals surface area contributed by atoms with Crippen LogP contribution in [-0.4, -0.2) is 29.3 Å². The minimum absolute atomic E-state index is 0.0670. The van der Waals surface area contributed by atoms with Gasteiger partial charge in [0.1, 0.15) is 18.0 Å². The maximum atomic E-state index is 12.3. The predicted molar refractivity (Wildman–Crippen MR) is 113 cm³/mol. The summed E-state index contributed by atoms with van der Waals surface area (Å²) in [6.07, 6.45) is 10.3. The SMILES string of the molecule is COc1ccccc1CCc1nn(C2CCCCO2)cc1C1=CC=C(C#N)C(=O)C1. The van der Waals surface area contributed by atoms with E-state index in [0.29, 0.717) is 0 Å². The van der Waals surface area contributed by atoms with Crippen LogP contribution in [0.1, 0.15) is 48.7 Å². The first-order valence-electron chi connectivity index (χ1n) is 10.4. The topological polar surface area (TPSA) is 77.1 Å². The lowest BCUT2D eigenvalue weighted by molar-refractivity contribution is -0.114. The van der Waals surface area contributed by atoms with E-state index in [0.717, 1.165) is 66.9 Å². The van der Waals surface area contributed by atoms with Gasteiger partial charge in [0, 0.05) is 24.8 Å². The Labute approximate surface area is 176 Å². The summed E-state index contributed by atoms with van der Waals surface area (Å²) in [5.74, 6) is 0.718. The van der Waals surface area contributed by atoms with Crippen molar-refractivity contribution >= 4 is 11.4 Å². The molecule has 0 N–H and O–H groups in total. The second-order valence-corrected chi connectivity index (χ2v) is 7.59. The number of nitriles is 1. The number of allylic oxidation sites excluding steroid dienone is 4. The minimum Gasteiger partial charge on any atom is -0.496 e. The van der Waals surface area contributed by atoms with Crippen LogP contribution in [0.2, 0.25) is 0 Å². The molecule has 1 aliphatic carbocycles. The van der Waals surface area contributed by atoms with Gasteiger partial charge in [0.25, 0.3) is 0 Å². The highest BCUT2D eigenvalue weighted by Crippen LogP contribution is 2.31.